The van der Waals surface area contributed by atoms with Gasteiger partial charge in [0.2, 0.25) is 0 Å². The van der Waals surface area contributed by atoms with Crippen LogP contribution in [0.15, 0.2) is 59.5 Å². The van der Waals surface area contributed by atoms with Crippen molar-refractivity contribution in [2.75, 3.05) is 16.4 Å². The molecule has 3 heteroatoms. The van der Waals surface area contributed by atoms with Gasteiger partial charge in [-0.15, -0.1) is 11.8 Å². The van der Waals surface area contributed by atoms with Crippen LogP contribution in [0.3, 0.4) is 0 Å². The van der Waals surface area contributed by atoms with Crippen LogP contribution in [-0.2, 0) is 5.41 Å². The Hall–Kier alpha value is -0.250. The molecule has 2 aromatic rings. The monoisotopic (exact) mass is 426 g/mol. The number of hydrogen-bond donors (Lipinski definition) is 0. The Labute approximate surface area is 149 Å². The highest BCUT2D eigenvalue weighted by molar-refractivity contribution is 9.09. The van der Waals surface area contributed by atoms with Crippen LogP contribution in [0, 0.1) is 6.92 Å². The summed E-state index contributed by atoms with van der Waals surface area (Å²) in [4.78, 5) is 1.35. The second-order valence-electron chi connectivity index (χ2n) is 5.27. The van der Waals surface area contributed by atoms with E-state index >= 15 is 0 Å². The normalized spacial score (nSPS) is 11.6. The molecule has 0 aliphatic rings. The molecule has 0 amide bonds. The Morgan fingerprint density at radius 2 is 1.52 bits per heavy atom. The maximum absolute atomic E-state index is 3.75. The third-order valence-corrected chi connectivity index (χ3v) is 6.98. The molecule has 0 radical (unpaired) electrons. The van der Waals surface area contributed by atoms with Crippen LogP contribution in [0.4, 0.5) is 0 Å². The van der Waals surface area contributed by atoms with E-state index < -0.39 is 0 Å². The zero-order valence-electron chi connectivity index (χ0n) is 12.2. The van der Waals surface area contributed by atoms with Crippen LogP contribution in [0.2, 0.25) is 0 Å². The fourth-order valence-electron chi connectivity index (χ4n) is 2.50. The molecule has 0 fully saturated rings. The van der Waals surface area contributed by atoms with Crippen LogP contribution >= 0.6 is 43.6 Å². The van der Waals surface area contributed by atoms with E-state index in [2.05, 4.69) is 93.4 Å². The molecule has 21 heavy (non-hydrogen) atoms. The van der Waals surface area contributed by atoms with Crippen molar-refractivity contribution in [2.45, 2.75) is 23.7 Å². The van der Waals surface area contributed by atoms with Gasteiger partial charge in [-0.2, -0.15) is 0 Å². The van der Waals surface area contributed by atoms with Gasteiger partial charge in [-0.1, -0.05) is 74.3 Å². The minimum absolute atomic E-state index is 0.160. The van der Waals surface area contributed by atoms with Gasteiger partial charge in [-0.25, -0.2) is 0 Å². The molecule has 0 saturated heterocycles. The smallest absolute Gasteiger partial charge is 0.0157 e. The second-order valence-corrected chi connectivity index (χ2v) is 7.56. The van der Waals surface area contributed by atoms with E-state index in [-0.39, 0.29) is 5.41 Å². The highest BCUT2D eigenvalue weighted by Crippen LogP contribution is 2.36. The summed E-state index contributed by atoms with van der Waals surface area (Å²) in [7, 11) is 0. The molecule has 2 rings (SSSR count). The van der Waals surface area contributed by atoms with Gasteiger partial charge in [-0.05, 0) is 42.4 Å². The predicted octanol–water partition coefficient (Wildman–Crippen LogP) is 6.21. The summed E-state index contributed by atoms with van der Waals surface area (Å²) in [5.74, 6) is 1.12. The average Bonchev–Trinajstić information content (AvgIpc) is 2.54. The Bertz CT molecular complexity index is 550. The van der Waals surface area contributed by atoms with E-state index in [0.29, 0.717) is 0 Å². The Morgan fingerprint density at radius 3 is 2.14 bits per heavy atom. The molecule has 0 N–H and O–H groups in total. The molecule has 0 spiro atoms. The molecule has 0 aliphatic carbocycles. The number of benzene rings is 2. The Kier molecular flexibility index (Phi) is 6.84. The van der Waals surface area contributed by atoms with E-state index in [4.69, 9.17) is 0 Å². The molecular weight excluding hydrogens is 408 g/mol. The number of aryl methyl sites for hydroxylation is 1. The lowest BCUT2D eigenvalue weighted by atomic mass is 9.80. The van der Waals surface area contributed by atoms with Crippen molar-refractivity contribution in [3.8, 4) is 0 Å². The van der Waals surface area contributed by atoms with Crippen molar-refractivity contribution < 1.29 is 0 Å². The van der Waals surface area contributed by atoms with Gasteiger partial charge in [0.25, 0.3) is 0 Å². The summed E-state index contributed by atoms with van der Waals surface area (Å²) < 4.78 is 0. The molecule has 0 heterocycles. The highest BCUT2D eigenvalue weighted by Gasteiger charge is 2.30. The van der Waals surface area contributed by atoms with Crippen LogP contribution in [0.25, 0.3) is 0 Å². The van der Waals surface area contributed by atoms with Crippen molar-refractivity contribution in [1.29, 1.82) is 0 Å². The van der Waals surface area contributed by atoms with Crippen LogP contribution in [-0.4, -0.2) is 16.4 Å². The number of alkyl halides is 2. The number of rotatable bonds is 7. The third-order valence-electron chi connectivity index (χ3n) is 3.82. The minimum Gasteiger partial charge on any atom is -0.126 e. The standard InChI is InChI=1S/C18H20Br2S/c1-15-7-5-6-10-17(15)18(13-19,14-20)11-12-21-16-8-3-2-4-9-16/h2-10H,11-14H2,1H3. The van der Waals surface area contributed by atoms with Gasteiger partial charge in [0.15, 0.2) is 0 Å². The van der Waals surface area contributed by atoms with Crippen molar-refractivity contribution >= 4 is 43.6 Å². The van der Waals surface area contributed by atoms with E-state index in [1.807, 2.05) is 11.8 Å². The molecular formula is C18H20Br2S. The van der Waals surface area contributed by atoms with Crippen LogP contribution in [0.5, 0.6) is 0 Å². The van der Waals surface area contributed by atoms with E-state index in [1.54, 1.807) is 0 Å². The zero-order valence-corrected chi connectivity index (χ0v) is 16.2. The van der Waals surface area contributed by atoms with E-state index in [9.17, 15) is 0 Å². The Morgan fingerprint density at radius 1 is 0.905 bits per heavy atom. The maximum Gasteiger partial charge on any atom is 0.0157 e. The van der Waals surface area contributed by atoms with Gasteiger partial charge >= 0.3 is 0 Å². The SMILES string of the molecule is Cc1ccccc1C(CBr)(CBr)CCSc1ccccc1. The first kappa shape index (κ1) is 17.1. The molecule has 0 aliphatic heterocycles. The molecule has 0 nitrogen and oxygen atoms in total. The molecule has 0 bridgehead atoms. The number of thioether (sulfide) groups is 1. The van der Waals surface area contributed by atoms with Crippen molar-refractivity contribution in [3.63, 3.8) is 0 Å². The largest absolute Gasteiger partial charge is 0.126 e. The molecule has 0 atom stereocenters. The molecule has 112 valence electrons. The fourth-order valence-corrected chi connectivity index (χ4v) is 5.67. The summed E-state index contributed by atoms with van der Waals surface area (Å²) in [5, 5.41) is 1.96. The summed E-state index contributed by atoms with van der Waals surface area (Å²) in [5.41, 5.74) is 2.99. The Balaban J connectivity index is 2.10. The first-order valence-electron chi connectivity index (χ1n) is 7.08. The second kappa shape index (κ2) is 8.40. The molecule has 2 aromatic carbocycles. The maximum atomic E-state index is 3.75. The predicted molar refractivity (Wildman–Crippen MR) is 102 cm³/mol. The summed E-state index contributed by atoms with van der Waals surface area (Å²) in [6, 6.07) is 19.4. The first-order valence-corrected chi connectivity index (χ1v) is 10.3. The topological polar surface area (TPSA) is 0 Å². The lowest BCUT2D eigenvalue weighted by Gasteiger charge is -2.32. The van der Waals surface area contributed by atoms with E-state index in [1.165, 1.54) is 16.0 Å². The highest BCUT2D eigenvalue weighted by atomic mass is 79.9. The first-order chi connectivity index (χ1) is 10.2. The third kappa shape index (κ3) is 4.37. The summed E-state index contributed by atoms with van der Waals surface area (Å²) in [6.45, 7) is 2.21. The van der Waals surface area contributed by atoms with Crippen molar-refractivity contribution in [2.24, 2.45) is 0 Å². The summed E-state index contributed by atoms with van der Waals surface area (Å²) >= 11 is 9.44. The van der Waals surface area contributed by atoms with Crippen LogP contribution in [0.1, 0.15) is 17.5 Å². The van der Waals surface area contributed by atoms with E-state index in [0.717, 1.165) is 22.8 Å². The summed E-state index contributed by atoms with van der Waals surface area (Å²) in [6.07, 6.45) is 1.15. The molecule has 0 saturated carbocycles. The zero-order chi connectivity index (χ0) is 15.1. The number of halogens is 2. The quantitative estimate of drug-likeness (QED) is 0.374. The minimum atomic E-state index is 0.160. The lowest BCUT2D eigenvalue weighted by molar-refractivity contribution is 0.535. The van der Waals surface area contributed by atoms with Gasteiger partial charge in [0, 0.05) is 21.0 Å². The van der Waals surface area contributed by atoms with Crippen LogP contribution < -0.4 is 0 Å². The van der Waals surface area contributed by atoms with Crippen molar-refractivity contribution in [3.05, 3.63) is 65.7 Å². The lowest BCUT2D eigenvalue weighted by Crippen LogP contribution is -2.32. The van der Waals surface area contributed by atoms with Crippen molar-refractivity contribution in [1.82, 2.24) is 0 Å². The van der Waals surface area contributed by atoms with Gasteiger partial charge < -0.3 is 0 Å². The molecule has 0 aromatic heterocycles. The average molecular weight is 428 g/mol. The van der Waals surface area contributed by atoms with Gasteiger partial charge in [0.05, 0.1) is 0 Å². The number of hydrogen-bond acceptors (Lipinski definition) is 1. The molecule has 0 unspecified atom stereocenters. The fraction of sp³-hybridized carbons (Fsp3) is 0.333. The van der Waals surface area contributed by atoms with Gasteiger partial charge in [-0.3, -0.25) is 0 Å². The van der Waals surface area contributed by atoms with Gasteiger partial charge in [0.1, 0.15) is 0 Å².